The summed E-state index contributed by atoms with van der Waals surface area (Å²) in [5.41, 5.74) is 4.92. The van der Waals surface area contributed by atoms with Gasteiger partial charge in [0.15, 0.2) is 0 Å². The monoisotopic (exact) mass is 322 g/mol. The lowest BCUT2D eigenvalue weighted by atomic mass is 10.1. The third-order valence-electron chi connectivity index (χ3n) is 4.36. The summed E-state index contributed by atoms with van der Waals surface area (Å²) < 4.78 is 2.09. The molecule has 0 bridgehead atoms. The van der Waals surface area contributed by atoms with Crippen LogP contribution in [0, 0.1) is 6.92 Å². The molecule has 3 aromatic rings. The van der Waals surface area contributed by atoms with Crippen LogP contribution in [-0.2, 0) is 24.9 Å². The Labute approximate surface area is 141 Å². The number of hydrogen-bond acceptors (Lipinski definition) is 2. The molecule has 0 radical (unpaired) electrons. The van der Waals surface area contributed by atoms with Crippen LogP contribution in [0.1, 0.15) is 23.1 Å². The number of fused-ring (bicyclic) bond motifs is 1. The van der Waals surface area contributed by atoms with Crippen LogP contribution >= 0.6 is 0 Å². The first-order valence-corrected chi connectivity index (χ1v) is 8.11. The average molecular weight is 322 g/mol. The first-order valence-electron chi connectivity index (χ1n) is 8.11. The topological polar surface area (TPSA) is 54.3 Å². The molecule has 0 saturated carbocycles. The van der Waals surface area contributed by atoms with Crippen LogP contribution in [0.25, 0.3) is 10.9 Å². The Morgan fingerprint density at radius 2 is 2.00 bits per heavy atom. The minimum absolute atomic E-state index is 0.0128. The van der Waals surface area contributed by atoms with Crippen LogP contribution in [-0.4, -0.2) is 15.6 Å². The van der Waals surface area contributed by atoms with Gasteiger partial charge >= 0.3 is 0 Å². The number of amides is 1. The maximum atomic E-state index is 12.3. The number of benzene rings is 2. The van der Waals surface area contributed by atoms with Gasteiger partial charge in [0.05, 0.1) is 6.61 Å². The van der Waals surface area contributed by atoms with Gasteiger partial charge in [-0.1, -0.05) is 30.3 Å². The van der Waals surface area contributed by atoms with Crippen molar-refractivity contribution in [1.29, 1.82) is 0 Å². The Hall–Kier alpha value is -2.59. The summed E-state index contributed by atoms with van der Waals surface area (Å²) in [6.07, 6.45) is 3.22. The molecule has 0 saturated heterocycles. The lowest BCUT2D eigenvalue weighted by Gasteiger charge is -2.10. The average Bonchev–Trinajstić information content (AvgIpc) is 2.91. The summed E-state index contributed by atoms with van der Waals surface area (Å²) in [5, 5.41) is 13.4. The highest BCUT2D eigenvalue weighted by atomic mass is 16.3. The number of nitrogens with zero attached hydrogens (tertiary/aromatic N) is 1. The molecule has 124 valence electrons. The van der Waals surface area contributed by atoms with E-state index >= 15 is 0 Å². The lowest BCUT2D eigenvalue weighted by Crippen LogP contribution is -2.13. The highest BCUT2D eigenvalue weighted by Gasteiger charge is 2.10. The number of para-hydroxylation sites is 1. The molecule has 1 amide bonds. The van der Waals surface area contributed by atoms with Crippen molar-refractivity contribution in [3.05, 3.63) is 65.4 Å². The van der Waals surface area contributed by atoms with Gasteiger partial charge in [0.25, 0.3) is 0 Å². The van der Waals surface area contributed by atoms with E-state index in [0.717, 1.165) is 16.8 Å². The minimum atomic E-state index is -0.0286. The molecule has 2 aromatic carbocycles. The van der Waals surface area contributed by atoms with Crippen molar-refractivity contribution in [3.8, 4) is 0 Å². The number of carbonyl (C=O) groups is 1. The molecular formula is C20H22N2O2. The quantitative estimate of drug-likeness (QED) is 0.755. The fourth-order valence-corrected chi connectivity index (χ4v) is 2.99. The Morgan fingerprint density at radius 1 is 1.21 bits per heavy atom. The van der Waals surface area contributed by atoms with Crippen LogP contribution < -0.4 is 5.32 Å². The van der Waals surface area contributed by atoms with Gasteiger partial charge in [-0.3, -0.25) is 4.79 Å². The fraction of sp³-hybridized carbons (Fsp3) is 0.250. The summed E-state index contributed by atoms with van der Waals surface area (Å²) in [7, 11) is 2.02. The van der Waals surface area contributed by atoms with E-state index in [1.807, 2.05) is 44.3 Å². The molecule has 0 atom stereocenters. The predicted octanol–water partition coefficient (Wildman–Crippen LogP) is 3.55. The molecule has 0 unspecified atom stereocenters. The maximum Gasteiger partial charge on any atom is 0.224 e. The van der Waals surface area contributed by atoms with Crippen LogP contribution in [0.15, 0.2) is 48.7 Å². The highest BCUT2D eigenvalue weighted by molar-refractivity contribution is 5.92. The van der Waals surface area contributed by atoms with Gasteiger partial charge in [-0.2, -0.15) is 0 Å². The zero-order chi connectivity index (χ0) is 17.1. The Kier molecular flexibility index (Phi) is 4.67. The minimum Gasteiger partial charge on any atom is -0.392 e. The molecule has 2 N–H and O–H groups in total. The molecule has 0 fully saturated rings. The Morgan fingerprint density at radius 3 is 2.79 bits per heavy atom. The van der Waals surface area contributed by atoms with Gasteiger partial charge in [-0.15, -0.1) is 0 Å². The third-order valence-corrected chi connectivity index (χ3v) is 4.36. The van der Waals surface area contributed by atoms with Gasteiger partial charge in [0.1, 0.15) is 0 Å². The highest BCUT2D eigenvalue weighted by Crippen LogP contribution is 2.22. The molecule has 1 heterocycles. The molecule has 24 heavy (non-hydrogen) atoms. The molecule has 0 spiro atoms. The summed E-state index contributed by atoms with van der Waals surface area (Å²) >= 11 is 0. The second kappa shape index (κ2) is 6.89. The number of anilines is 1. The SMILES string of the molecule is Cc1ccc(CO)cc1NC(=O)CCc1cn(C)c2ccccc12. The van der Waals surface area contributed by atoms with Gasteiger partial charge in [-0.05, 0) is 42.2 Å². The predicted molar refractivity (Wildman–Crippen MR) is 97.0 cm³/mol. The zero-order valence-corrected chi connectivity index (χ0v) is 14.0. The summed E-state index contributed by atoms with van der Waals surface area (Å²) in [5.74, 6) is -0.0128. The second-order valence-electron chi connectivity index (χ2n) is 6.14. The third kappa shape index (κ3) is 3.34. The second-order valence-corrected chi connectivity index (χ2v) is 6.14. The van der Waals surface area contributed by atoms with E-state index in [2.05, 4.69) is 28.2 Å². The van der Waals surface area contributed by atoms with Crippen molar-refractivity contribution in [2.45, 2.75) is 26.4 Å². The lowest BCUT2D eigenvalue weighted by molar-refractivity contribution is -0.116. The van der Waals surface area contributed by atoms with Crippen molar-refractivity contribution < 1.29 is 9.90 Å². The molecule has 0 aliphatic rings. The van der Waals surface area contributed by atoms with Crippen LogP contribution in [0.3, 0.4) is 0 Å². The van der Waals surface area contributed by atoms with E-state index in [-0.39, 0.29) is 12.5 Å². The van der Waals surface area contributed by atoms with E-state index in [9.17, 15) is 9.90 Å². The van der Waals surface area contributed by atoms with Crippen molar-refractivity contribution in [1.82, 2.24) is 4.57 Å². The van der Waals surface area contributed by atoms with Gasteiger partial charge < -0.3 is 15.0 Å². The molecular weight excluding hydrogens is 300 g/mol. The Balaban J connectivity index is 1.69. The maximum absolute atomic E-state index is 12.3. The van der Waals surface area contributed by atoms with E-state index in [1.165, 1.54) is 16.5 Å². The van der Waals surface area contributed by atoms with E-state index < -0.39 is 0 Å². The summed E-state index contributed by atoms with van der Waals surface area (Å²) in [4.78, 5) is 12.3. The van der Waals surface area contributed by atoms with Crippen LogP contribution in [0.5, 0.6) is 0 Å². The van der Waals surface area contributed by atoms with Gasteiger partial charge in [0, 0.05) is 36.3 Å². The molecule has 3 rings (SSSR count). The molecule has 0 aliphatic carbocycles. The summed E-state index contributed by atoms with van der Waals surface area (Å²) in [6, 6.07) is 13.8. The van der Waals surface area contributed by atoms with E-state index in [0.29, 0.717) is 12.8 Å². The van der Waals surface area contributed by atoms with Gasteiger partial charge in [0.2, 0.25) is 5.91 Å². The number of nitrogens with one attached hydrogen (secondary N) is 1. The van der Waals surface area contributed by atoms with Crippen LogP contribution in [0.2, 0.25) is 0 Å². The molecule has 1 aromatic heterocycles. The van der Waals surface area contributed by atoms with Crippen molar-refractivity contribution in [2.75, 3.05) is 5.32 Å². The normalized spacial score (nSPS) is 11.0. The van der Waals surface area contributed by atoms with Crippen molar-refractivity contribution in [3.63, 3.8) is 0 Å². The van der Waals surface area contributed by atoms with E-state index in [4.69, 9.17) is 0 Å². The van der Waals surface area contributed by atoms with Gasteiger partial charge in [-0.25, -0.2) is 0 Å². The Bertz CT molecular complexity index is 880. The fourth-order valence-electron chi connectivity index (χ4n) is 2.99. The van der Waals surface area contributed by atoms with Crippen molar-refractivity contribution >= 4 is 22.5 Å². The first kappa shape index (κ1) is 16.3. The van der Waals surface area contributed by atoms with Crippen molar-refractivity contribution in [2.24, 2.45) is 7.05 Å². The zero-order valence-electron chi connectivity index (χ0n) is 14.0. The van der Waals surface area contributed by atoms with E-state index in [1.54, 1.807) is 0 Å². The van der Waals surface area contributed by atoms with Crippen LogP contribution in [0.4, 0.5) is 5.69 Å². The number of aryl methyl sites for hydroxylation is 3. The largest absolute Gasteiger partial charge is 0.392 e. The first-order chi connectivity index (χ1) is 11.6. The standard InChI is InChI=1S/C20H22N2O2/c1-14-7-8-15(13-23)11-18(14)21-20(24)10-9-16-12-22(2)19-6-4-3-5-17(16)19/h3-8,11-12,23H,9-10,13H2,1-2H3,(H,21,24). The number of aliphatic hydroxyl groups excluding tert-OH is 1. The molecule has 4 heteroatoms. The number of carbonyl (C=O) groups excluding carboxylic acids is 1. The number of rotatable bonds is 5. The number of aliphatic hydroxyl groups is 1. The smallest absolute Gasteiger partial charge is 0.224 e. The molecule has 0 aliphatic heterocycles. The summed E-state index contributed by atoms with van der Waals surface area (Å²) in [6.45, 7) is 1.92. The molecule has 4 nitrogen and oxygen atoms in total. The number of aromatic nitrogens is 1. The number of hydrogen-bond donors (Lipinski definition) is 2.